The van der Waals surface area contributed by atoms with Gasteiger partial charge in [-0.1, -0.05) is 36.7 Å². The lowest BCUT2D eigenvalue weighted by atomic mass is 9.96. The van der Waals surface area contributed by atoms with Crippen LogP contribution in [0.5, 0.6) is 0 Å². The zero-order valence-electron chi connectivity index (χ0n) is 17.4. The molecule has 0 aliphatic heterocycles. The maximum Gasteiger partial charge on any atom is 0.279 e. The van der Waals surface area contributed by atoms with Crippen molar-refractivity contribution in [1.29, 1.82) is 0 Å². The Labute approximate surface area is 184 Å². The van der Waals surface area contributed by atoms with Crippen molar-refractivity contribution in [1.82, 2.24) is 8.87 Å². The van der Waals surface area contributed by atoms with Crippen molar-refractivity contribution in [2.75, 3.05) is 7.05 Å². The molecule has 1 amide bonds. The molecule has 0 radical (unpaired) electrons. The minimum absolute atomic E-state index is 0.0171. The summed E-state index contributed by atoms with van der Waals surface area (Å²) in [5.74, 6) is -0.881. The summed E-state index contributed by atoms with van der Waals surface area (Å²) in [6.07, 6.45) is 4.97. The molecule has 0 spiro atoms. The maximum atomic E-state index is 14.1. The van der Waals surface area contributed by atoms with Gasteiger partial charge in [0, 0.05) is 25.7 Å². The van der Waals surface area contributed by atoms with Crippen LogP contribution in [0.15, 0.2) is 52.4 Å². The van der Waals surface area contributed by atoms with Gasteiger partial charge < -0.3 is 4.57 Å². The SMILES string of the molecule is CN(C1CCCCC1)S(=O)(=O)c1ccc(C(=O)N=c2sc3cccc(F)c3n2C)cc1. The van der Waals surface area contributed by atoms with E-state index >= 15 is 0 Å². The number of benzene rings is 2. The molecule has 2 aromatic carbocycles. The molecule has 3 aromatic rings. The molecule has 4 rings (SSSR count). The quantitative estimate of drug-likeness (QED) is 0.588. The monoisotopic (exact) mass is 461 g/mol. The lowest BCUT2D eigenvalue weighted by Crippen LogP contribution is -2.38. The molecule has 0 atom stereocenters. The number of rotatable bonds is 4. The number of hydrogen-bond acceptors (Lipinski definition) is 4. The highest BCUT2D eigenvalue weighted by molar-refractivity contribution is 7.89. The van der Waals surface area contributed by atoms with Crippen LogP contribution in [0, 0.1) is 5.82 Å². The summed E-state index contributed by atoms with van der Waals surface area (Å²) in [5.41, 5.74) is 0.670. The number of carbonyl (C=O) groups is 1. The lowest BCUT2D eigenvalue weighted by Gasteiger charge is -2.30. The van der Waals surface area contributed by atoms with Gasteiger partial charge in [0.15, 0.2) is 4.80 Å². The Morgan fingerprint density at radius 2 is 1.81 bits per heavy atom. The molecule has 1 saturated carbocycles. The van der Waals surface area contributed by atoms with E-state index in [2.05, 4.69) is 4.99 Å². The second-order valence-corrected chi connectivity index (χ2v) is 10.8. The molecule has 1 aliphatic carbocycles. The first kappa shape index (κ1) is 21.9. The largest absolute Gasteiger partial charge is 0.317 e. The van der Waals surface area contributed by atoms with Gasteiger partial charge in [-0.25, -0.2) is 12.8 Å². The summed E-state index contributed by atoms with van der Waals surface area (Å²) in [5, 5.41) is 0. The minimum atomic E-state index is -3.62. The van der Waals surface area contributed by atoms with Gasteiger partial charge in [-0.15, -0.1) is 0 Å². The average Bonchev–Trinajstić information content (AvgIpc) is 3.10. The van der Waals surface area contributed by atoms with E-state index < -0.39 is 15.9 Å². The third-order valence-corrected chi connectivity index (χ3v) is 8.86. The molecule has 1 aromatic heterocycles. The van der Waals surface area contributed by atoms with E-state index in [-0.39, 0.29) is 22.3 Å². The number of thiazole rings is 1. The summed E-state index contributed by atoms with van der Waals surface area (Å²) in [6, 6.07) is 10.6. The topological polar surface area (TPSA) is 71.7 Å². The van der Waals surface area contributed by atoms with Gasteiger partial charge in [0.25, 0.3) is 5.91 Å². The number of fused-ring (bicyclic) bond motifs is 1. The third-order valence-electron chi connectivity index (χ3n) is 5.84. The normalized spacial score (nSPS) is 16.3. The smallest absolute Gasteiger partial charge is 0.279 e. The van der Waals surface area contributed by atoms with E-state index in [1.807, 2.05) is 0 Å². The Bertz CT molecular complexity index is 1290. The fourth-order valence-corrected chi connectivity index (χ4v) is 6.44. The van der Waals surface area contributed by atoms with Crippen molar-refractivity contribution in [3.8, 4) is 0 Å². The van der Waals surface area contributed by atoms with E-state index in [1.54, 1.807) is 30.8 Å². The first-order valence-corrected chi connectivity index (χ1v) is 12.5. The zero-order chi connectivity index (χ0) is 22.2. The number of aromatic nitrogens is 1. The van der Waals surface area contributed by atoms with Crippen molar-refractivity contribution < 1.29 is 17.6 Å². The highest BCUT2D eigenvalue weighted by Crippen LogP contribution is 2.26. The predicted molar refractivity (Wildman–Crippen MR) is 119 cm³/mol. The van der Waals surface area contributed by atoms with Gasteiger partial charge in [0.1, 0.15) is 5.82 Å². The molecule has 1 aliphatic rings. The standard InChI is InChI=1S/C22H24FN3O3S2/c1-25-20-18(23)9-6-10-19(20)30-22(25)24-21(27)15-11-13-17(14-12-15)31(28,29)26(2)16-7-4-3-5-8-16/h6,9-14,16H,3-5,7-8H2,1-2H3. The highest BCUT2D eigenvalue weighted by Gasteiger charge is 2.29. The maximum absolute atomic E-state index is 14.1. The van der Waals surface area contributed by atoms with Crippen LogP contribution in [0.1, 0.15) is 42.5 Å². The third kappa shape index (κ3) is 4.22. The van der Waals surface area contributed by atoms with Crippen LogP contribution in [-0.2, 0) is 17.1 Å². The molecule has 6 nitrogen and oxygen atoms in total. The molecule has 1 heterocycles. The number of sulfonamides is 1. The van der Waals surface area contributed by atoms with E-state index in [4.69, 9.17) is 0 Å². The zero-order valence-corrected chi connectivity index (χ0v) is 19.0. The number of para-hydroxylation sites is 1. The first-order chi connectivity index (χ1) is 14.8. The molecular weight excluding hydrogens is 437 g/mol. The molecule has 0 saturated heterocycles. The number of amides is 1. The van der Waals surface area contributed by atoms with Crippen molar-refractivity contribution in [3.63, 3.8) is 0 Å². The molecule has 164 valence electrons. The number of carbonyl (C=O) groups excluding carboxylic acids is 1. The van der Waals surface area contributed by atoms with Gasteiger partial charge in [0.2, 0.25) is 10.0 Å². The lowest BCUT2D eigenvalue weighted by molar-refractivity contribution is 0.0998. The van der Waals surface area contributed by atoms with Crippen molar-refractivity contribution >= 4 is 37.5 Å². The summed E-state index contributed by atoms with van der Waals surface area (Å²) in [7, 11) is -0.338. The number of aryl methyl sites for hydroxylation is 1. The molecular formula is C22H24FN3O3S2. The fourth-order valence-electron chi connectivity index (χ4n) is 3.99. The van der Waals surface area contributed by atoms with Crippen LogP contribution >= 0.6 is 11.3 Å². The summed E-state index contributed by atoms with van der Waals surface area (Å²) in [6.45, 7) is 0. The Morgan fingerprint density at radius 3 is 2.45 bits per heavy atom. The van der Waals surface area contributed by atoms with Gasteiger partial charge in [-0.2, -0.15) is 9.30 Å². The second-order valence-electron chi connectivity index (χ2n) is 7.78. The predicted octanol–water partition coefficient (Wildman–Crippen LogP) is 4.07. The van der Waals surface area contributed by atoms with Gasteiger partial charge in [-0.05, 0) is 49.2 Å². The minimum Gasteiger partial charge on any atom is -0.317 e. The summed E-state index contributed by atoms with van der Waals surface area (Å²) >= 11 is 1.22. The number of halogens is 1. The van der Waals surface area contributed by atoms with E-state index in [9.17, 15) is 17.6 Å². The Kier molecular flexibility index (Phi) is 6.09. The summed E-state index contributed by atoms with van der Waals surface area (Å²) < 4.78 is 43.7. The Balaban J connectivity index is 1.59. The molecule has 0 N–H and O–H groups in total. The van der Waals surface area contributed by atoms with Crippen molar-refractivity contribution in [2.24, 2.45) is 12.0 Å². The number of nitrogens with zero attached hydrogens (tertiary/aromatic N) is 3. The van der Waals surface area contributed by atoms with Crippen LogP contribution in [0.2, 0.25) is 0 Å². The van der Waals surface area contributed by atoms with E-state index in [1.165, 1.54) is 46.0 Å². The molecule has 31 heavy (non-hydrogen) atoms. The second kappa shape index (κ2) is 8.64. The first-order valence-electron chi connectivity index (χ1n) is 10.2. The van der Waals surface area contributed by atoms with E-state index in [0.29, 0.717) is 15.0 Å². The summed E-state index contributed by atoms with van der Waals surface area (Å²) in [4.78, 5) is 17.3. The number of hydrogen-bond donors (Lipinski definition) is 0. The van der Waals surface area contributed by atoms with Gasteiger partial charge in [0.05, 0.1) is 15.1 Å². The van der Waals surface area contributed by atoms with Crippen molar-refractivity contribution in [3.05, 3.63) is 58.6 Å². The fraction of sp³-hybridized carbons (Fsp3) is 0.364. The Morgan fingerprint density at radius 1 is 1.13 bits per heavy atom. The van der Waals surface area contributed by atoms with Crippen LogP contribution < -0.4 is 4.80 Å². The Hall–Kier alpha value is -2.36. The van der Waals surface area contributed by atoms with Crippen LogP contribution in [0.25, 0.3) is 10.2 Å². The molecule has 0 unspecified atom stereocenters. The van der Waals surface area contributed by atoms with Gasteiger partial charge in [-0.3, -0.25) is 4.79 Å². The highest BCUT2D eigenvalue weighted by atomic mass is 32.2. The van der Waals surface area contributed by atoms with Gasteiger partial charge >= 0.3 is 0 Å². The molecule has 1 fully saturated rings. The van der Waals surface area contributed by atoms with Crippen LogP contribution in [0.3, 0.4) is 0 Å². The average molecular weight is 462 g/mol. The van der Waals surface area contributed by atoms with E-state index in [0.717, 1.165) is 32.1 Å². The molecule has 0 bridgehead atoms. The molecule has 9 heteroatoms. The van der Waals surface area contributed by atoms with Crippen LogP contribution in [0.4, 0.5) is 4.39 Å². The van der Waals surface area contributed by atoms with Crippen LogP contribution in [-0.4, -0.2) is 36.3 Å². The van der Waals surface area contributed by atoms with Crippen molar-refractivity contribution in [2.45, 2.75) is 43.0 Å².